The molecule has 0 saturated heterocycles. The lowest BCUT2D eigenvalue weighted by atomic mass is 9.89. The van der Waals surface area contributed by atoms with Gasteiger partial charge in [0.15, 0.2) is 0 Å². The predicted octanol–water partition coefficient (Wildman–Crippen LogP) is 3.25. The molecule has 0 spiro atoms. The fourth-order valence-corrected chi connectivity index (χ4v) is 2.34. The van der Waals surface area contributed by atoms with Crippen molar-refractivity contribution in [3.8, 4) is 0 Å². The van der Waals surface area contributed by atoms with Crippen LogP contribution in [0.15, 0.2) is 48.8 Å². The molecule has 1 heterocycles. The number of hydrogen-bond donors (Lipinski definition) is 1. The third kappa shape index (κ3) is 3.41. The molecule has 1 N–H and O–H groups in total. The van der Waals surface area contributed by atoms with E-state index in [1.54, 1.807) is 6.20 Å². The normalized spacial score (nSPS) is 12.1. The molecule has 1 aromatic carbocycles. The first-order valence-corrected chi connectivity index (χ1v) is 6.41. The molecule has 0 aliphatic carbocycles. The van der Waals surface area contributed by atoms with Crippen LogP contribution in [0.5, 0.6) is 0 Å². The molecule has 0 saturated carbocycles. The summed E-state index contributed by atoms with van der Waals surface area (Å²) in [5, 5.41) is 8.86. The highest BCUT2D eigenvalue weighted by molar-refractivity contribution is 5.70. The number of aliphatic carboxylic acids is 1. The average molecular weight is 255 g/mol. The van der Waals surface area contributed by atoms with Crippen molar-refractivity contribution in [2.45, 2.75) is 25.7 Å². The lowest BCUT2D eigenvalue weighted by Crippen LogP contribution is -2.04. The Morgan fingerprint density at radius 2 is 2.05 bits per heavy atom. The standard InChI is InChI=1S/C16H17NO2/c1-2-15(14-7-4-8-17-11-14)13-6-3-5-12(9-13)10-16(18)19/h3-9,11,15H,2,10H2,1H3,(H,18,19). The summed E-state index contributed by atoms with van der Waals surface area (Å²) < 4.78 is 0. The number of benzene rings is 1. The van der Waals surface area contributed by atoms with Gasteiger partial charge in [-0.15, -0.1) is 0 Å². The van der Waals surface area contributed by atoms with Crippen LogP contribution in [0.2, 0.25) is 0 Å². The second kappa shape index (κ2) is 6.14. The monoisotopic (exact) mass is 255 g/mol. The van der Waals surface area contributed by atoms with E-state index in [-0.39, 0.29) is 12.3 Å². The Hall–Kier alpha value is -2.16. The molecule has 0 aliphatic heterocycles. The molecular formula is C16H17NO2. The van der Waals surface area contributed by atoms with Crippen LogP contribution in [0.3, 0.4) is 0 Å². The molecule has 1 atom stereocenters. The SMILES string of the molecule is CCC(c1cccnc1)c1cccc(CC(=O)O)c1. The summed E-state index contributed by atoms with van der Waals surface area (Å²) in [5.74, 6) is -0.533. The molecule has 3 heteroatoms. The van der Waals surface area contributed by atoms with Gasteiger partial charge in [-0.2, -0.15) is 0 Å². The maximum Gasteiger partial charge on any atom is 0.307 e. The van der Waals surface area contributed by atoms with Gasteiger partial charge in [0, 0.05) is 18.3 Å². The molecular weight excluding hydrogens is 238 g/mol. The maximum absolute atomic E-state index is 10.8. The van der Waals surface area contributed by atoms with Gasteiger partial charge < -0.3 is 5.11 Å². The van der Waals surface area contributed by atoms with E-state index in [0.717, 1.165) is 23.1 Å². The molecule has 1 aromatic heterocycles. The highest BCUT2D eigenvalue weighted by Gasteiger charge is 2.13. The average Bonchev–Trinajstić information content (AvgIpc) is 2.40. The van der Waals surface area contributed by atoms with Gasteiger partial charge in [0.1, 0.15) is 0 Å². The van der Waals surface area contributed by atoms with Crippen LogP contribution in [0.1, 0.15) is 36.0 Å². The number of carboxylic acids is 1. The Bertz CT molecular complexity index is 552. The summed E-state index contributed by atoms with van der Waals surface area (Å²) in [6, 6.07) is 11.8. The summed E-state index contributed by atoms with van der Waals surface area (Å²) in [5.41, 5.74) is 3.15. The van der Waals surface area contributed by atoms with E-state index in [1.807, 2.05) is 36.5 Å². The predicted molar refractivity (Wildman–Crippen MR) is 74.2 cm³/mol. The van der Waals surface area contributed by atoms with Crippen molar-refractivity contribution >= 4 is 5.97 Å². The molecule has 0 aliphatic rings. The number of carbonyl (C=O) groups is 1. The topological polar surface area (TPSA) is 50.2 Å². The molecule has 0 bridgehead atoms. The maximum atomic E-state index is 10.8. The molecule has 0 radical (unpaired) electrons. The zero-order chi connectivity index (χ0) is 13.7. The summed E-state index contributed by atoms with van der Waals surface area (Å²) in [4.78, 5) is 14.9. The van der Waals surface area contributed by atoms with Crippen molar-refractivity contribution in [1.82, 2.24) is 4.98 Å². The van der Waals surface area contributed by atoms with Crippen molar-refractivity contribution < 1.29 is 9.90 Å². The summed E-state index contributed by atoms with van der Waals surface area (Å²) in [6.07, 6.45) is 4.66. The second-order valence-corrected chi connectivity index (χ2v) is 4.56. The van der Waals surface area contributed by atoms with Crippen molar-refractivity contribution in [1.29, 1.82) is 0 Å². The third-order valence-corrected chi connectivity index (χ3v) is 3.20. The molecule has 3 nitrogen and oxygen atoms in total. The molecule has 0 amide bonds. The Kier molecular flexibility index (Phi) is 4.29. The van der Waals surface area contributed by atoms with Gasteiger partial charge in [0.25, 0.3) is 0 Å². The smallest absolute Gasteiger partial charge is 0.307 e. The number of nitrogens with zero attached hydrogens (tertiary/aromatic N) is 1. The largest absolute Gasteiger partial charge is 0.481 e. The number of hydrogen-bond acceptors (Lipinski definition) is 2. The van der Waals surface area contributed by atoms with Crippen molar-refractivity contribution in [3.05, 3.63) is 65.5 Å². The molecule has 98 valence electrons. The van der Waals surface area contributed by atoms with Gasteiger partial charge in [-0.3, -0.25) is 9.78 Å². The van der Waals surface area contributed by atoms with Crippen LogP contribution in [0.4, 0.5) is 0 Å². The highest BCUT2D eigenvalue weighted by atomic mass is 16.4. The molecule has 0 fully saturated rings. The third-order valence-electron chi connectivity index (χ3n) is 3.20. The first-order valence-electron chi connectivity index (χ1n) is 6.41. The second-order valence-electron chi connectivity index (χ2n) is 4.56. The lowest BCUT2D eigenvalue weighted by Gasteiger charge is -2.16. The van der Waals surface area contributed by atoms with E-state index < -0.39 is 5.97 Å². The summed E-state index contributed by atoms with van der Waals surface area (Å²) in [6.45, 7) is 2.13. The van der Waals surface area contributed by atoms with Crippen LogP contribution in [0.25, 0.3) is 0 Å². The van der Waals surface area contributed by atoms with E-state index in [4.69, 9.17) is 5.11 Å². The van der Waals surface area contributed by atoms with Gasteiger partial charge in [-0.25, -0.2) is 0 Å². The fraction of sp³-hybridized carbons (Fsp3) is 0.250. The van der Waals surface area contributed by atoms with Gasteiger partial charge in [0.05, 0.1) is 6.42 Å². The fourth-order valence-electron chi connectivity index (χ4n) is 2.34. The number of pyridine rings is 1. The summed E-state index contributed by atoms with van der Waals surface area (Å²) >= 11 is 0. The molecule has 2 rings (SSSR count). The zero-order valence-corrected chi connectivity index (χ0v) is 10.9. The Morgan fingerprint density at radius 1 is 1.26 bits per heavy atom. The minimum Gasteiger partial charge on any atom is -0.481 e. The highest BCUT2D eigenvalue weighted by Crippen LogP contribution is 2.27. The summed E-state index contributed by atoms with van der Waals surface area (Å²) in [7, 11) is 0. The van der Waals surface area contributed by atoms with Crippen LogP contribution < -0.4 is 0 Å². The van der Waals surface area contributed by atoms with Gasteiger partial charge in [0.2, 0.25) is 0 Å². The molecule has 19 heavy (non-hydrogen) atoms. The first-order chi connectivity index (χ1) is 9.20. The van der Waals surface area contributed by atoms with Crippen molar-refractivity contribution in [2.75, 3.05) is 0 Å². The number of carboxylic acid groups (broad SMARTS) is 1. The number of rotatable bonds is 5. The Labute approximate surface area is 112 Å². The van der Waals surface area contributed by atoms with E-state index >= 15 is 0 Å². The van der Waals surface area contributed by atoms with E-state index in [1.165, 1.54) is 0 Å². The van der Waals surface area contributed by atoms with Gasteiger partial charge in [-0.05, 0) is 29.2 Å². The van der Waals surface area contributed by atoms with Gasteiger partial charge >= 0.3 is 5.97 Å². The van der Waals surface area contributed by atoms with Crippen molar-refractivity contribution in [3.63, 3.8) is 0 Å². The van der Waals surface area contributed by atoms with E-state index in [0.29, 0.717) is 0 Å². The number of aromatic nitrogens is 1. The quantitative estimate of drug-likeness (QED) is 0.892. The molecule has 1 unspecified atom stereocenters. The zero-order valence-electron chi connectivity index (χ0n) is 10.9. The Balaban J connectivity index is 2.31. The first kappa shape index (κ1) is 13.3. The van der Waals surface area contributed by atoms with E-state index in [2.05, 4.69) is 18.0 Å². The molecule has 2 aromatic rings. The van der Waals surface area contributed by atoms with Crippen LogP contribution in [-0.2, 0) is 11.2 Å². The Morgan fingerprint density at radius 3 is 2.68 bits per heavy atom. The van der Waals surface area contributed by atoms with Gasteiger partial charge in [-0.1, -0.05) is 37.3 Å². The van der Waals surface area contributed by atoms with Crippen LogP contribution in [0, 0.1) is 0 Å². The van der Waals surface area contributed by atoms with Crippen molar-refractivity contribution in [2.24, 2.45) is 0 Å². The van der Waals surface area contributed by atoms with Crippen LogP contribution >= 0.6 is 0 Å². The van der Waals surface area contributed by atoms with E-state index in [9.17, 15) is 4.79 Å². The van der Waals surface area contributed by atoms with Crippen LogP contribution in [-0.4, -0.2) is 16.1 Å². The minimum absolute atomic E-state index is 0.0668. The minimum atomic E-state index is -0.799. The lowest BCUT2D eigenvalue weighted by molar-refractivity contribution is -0.136.